The molecule has 1 aromatic carbocycles. The molecule has 2 aromatic heterocycles. The second-order valence-corrected chi connectivity index (χ2v) is 12.4. The van der Waals surface area contributed by atoms with Gasteiger partial charge in [-0.1, -0.05) is 18.2 Å². The maximum absolute atomic E-state index is 12.4. The fraction of sp³-hybridized carbons (Fsp3) is 0.400. The van der Waals surface area contributed by atoms with E-state index in [1.54, 1.807) is 43.0 Å². The minimum Gasteiger partial charge on any atom is -0.444 e. The molecule has 1 aliphatic heterocycles. The highest BCUT2D eigenvalue weighted by Crippen LogP contribution is 2.29. The highest BCUT2D eigenvalue weighted by molar-refractivity contribution is 7.92. The summed E-state index contributed by atoms with van der Waals surface area (Å²) < 4.78 is 36.1. The Labute approximate surface area is 215 Å². The van der Waals surface area contributed by atoms with Gasteiger partial charge in [-0.3, -0.25) is 0 Å². The first-order valence-corrected chi connectivity index (χ1v) is 13.4. The van der Waals surface area contributed by atoms with Gasteiger partial charge < -0.3 is 19.8 Å². The van der Waals surface area contributed by atoms with E-state index in [9.17, 15) is 13.2 Å². The van der Waals surface area contributed by atoms with Crippen molar-refractivity contribution in [2.24, 2.45) is 0 Å². The highest BCUT2D eigenvalue weighted by Gasteiger charge is 2.26. The van der Waals surface area contributed by atoms with Gasteiger partial charge in [0.15, 0.2) is 21.3 Å². The number of carbonyl (C=O) groups excluding carboxylic acids is 1. The smallest absolute Gasteiger partial charge is 0.410 e. The second-order valence-electron chi connectivity index (χ2n) is 9.93. The van der Waals surface area contributed by atoms with Crippen LogP contribution in [0.15, 0.2) is 45.9 Å². The summed E-state index contributed by atoms with van der Waals surface area (Å²) in [5, 5.41) is 7.71. The predicted octanol–water partition coefficient (Wildman–Crippen LogP) is 3.98. The summed E-state index contributed by atoms with van der Waals surface area (Å²) >= 11 is 0. The van der Waals surface area contributed by atoms with Gasteiger partial charge in [-0.25, -0.2) is 23.2 Å². The van der Waals surface area contributed by atoms with Crippen molar-refractivity contribution in [3.8, 4) is 22.8 Å². The van der Waals surface area contributed by atoms with Gasteiger partial charge in [0.05, 0.1) is 22.0 Å². The summed E-state index contributed by atoms with van der Waals surface area (Å²) in [6.07, 6.45) is 3.50. The van der Waals surface area contributed by atoms with Crippen LogP contribution in [0.25, 0.3) is 28.4 Å². The van der Waals surface area contributed by atoms with Crippen molar-refractivity contribution in [3.63, 3.8) is 0 Å². The van der Waals surface area contributed by atoms with Gasteiger partial charge in [0.1, 0.15) is 5.60 Å². The number of nitrogen functional groups attached to an aromatic ring is 1. The summed E-state index contributed by atoms with van der Waals surface area (Å²) in [6.45, 7) is 9.57. The Hall–Kier alpha value is -3.80. The minimum atomic E-state index is -3.38. The van der Waals surface area contributed by atoms with Gasteiger partial charge in [0.25, 0.3) is 5.89 Å². The SMILES string of the molecule is CC(C)S(=O)(=O)c1ccc(-c2cnc(N)c(-c3nnc(C4=CCN(C(=O)OC(C)(C)C)CC4)o3)n2)cc1. The third kappa shape index (κ3) is 5.79. The first-order valence-electron chi connectivity index (χ1n) is 11.8. The van der Waals surface area contributed by atoms with E-state index in [4.69, 9.17) is 14.9 Å². The molecular weight excluding hydrogens is 496 g/mol. The normalized spacial score (nSPS) is 14.5. The second kappa shape index (κ2) is 9.92. The first kappa shape index (κ1) is 26.3. The lowest BCUT2D eigenvalue weighted by atomic mass is 10.1. The molecule has 0 fully saturated rings. The predicted molar refractivity (Wildman–Crippen MR) is 138 cm³/mol. The quantitative estimate of drug-likeness (QED) is 0.516. The fourth-order valence-corrected chi connectivity index (χ4v) is 4.65. The maximum Gasteiger partial charge on any atom is 0.410 e. The van der Waals surface area contributed by atoms with Gasteiger partial charge in [-0.2, -0.15) is 0 Å². The fourth-order valence-electron chi connectivity index (χ4n) is 3.59. The van der Waals surface area contributed by atoms with Crippen molar-refractivity contribution in [2.75, 3.05) is 18.8 Å². The van der Waals surface area contributed by atoms with Crippen molar-refractivity contribution in [1.82, 2.24) is 25.1 Å². The first-order chi connectivity index (χ1) is 17.3. The van der Waals surface area contributed by atoms with Gasteiger partial charge in [0, 0.05) is 24.2 Å². The molecule has 0 spiro atoms. The molecule has 3 aromatic rings. The Morgan fingerprint density at radius 2 is 1.81 bits per heavy atom. The van der Waals surface area contributed by atoms with Crippen LogP contribution in [0.5, 0.6) is 0 Å². The molecule has 11 nitrogen and oxygen atoms in total. The monoisotopic (exact) mass is 526 g/mol. The zero-order chi connectivity index (χ0) is 27.0. The zero-order valence-electron chi connectivity index (χ0n) is 21.4. The van der Waals surface area contributed by atoms with Crippen LogP contribution in [-0.4, -0.2) is 63.5 Å². The van der Waals surface area contributed by atoms with E-state index in [0.29, 0.717) is 36.7 Å². The molecule has 1 amide bonds. The Bertz CT molecular complexity index is 1440. The molecule has 196 valence electrons. The van der Waals surface area contributed by atoms with Gasteiger partial charge >= 0.3 is 6.09 Å². The number of rotatable bonds is 5. The van der Waals surface area contributed by atoms with E-state index in [-0.39, 0.29) is 28.4 Å². The molecule has 0 saturated heterocycles. The molecule has 0 unspecified atom stereocenters. The lowest BCUT2D eigenvalue weighted by Crippen LogP contribution is -2.39. The third-order valence-corrected chi connectivity index (χ3v) is 7.83. The summed E-state index contributed by atoms with van der Waals surface area (Å²) in [4.78, 5) is 22.9. The van der Waals surface area contributed by atoms with Crippen molar-refractivity contribution in [1.29, 1.82) is 0 Å². The van der Waals surface area contributed by atoms with Gasteiger partial charge in [-0.05, 0) is 53.2 Å². The molecule has 0 saturated carbocycles. The van der Waals surface area contributed by atoms with Gasteiger partial charge in [-0.15, -0.1) is 10.2 Å². The average Bonchev–Trinajstić information content (AvgIpc) is 3.33. The maximum atomic E-state index is 12.4. The van der Waals surface area contributed by atoms with Crippen molar-refractivity contribution >= 4 is 27.3 Å². The lowest BCUT2D eigenvalue weighted by molar-refractivity contribution is 0.0270. The van der Waals surface area contributed by atoms with Crippen LogP contribution in [0, 0.1) is 0 Å². The van der Waals surface area contributed by atoms with E-state index in [1.165, 1.54) is 6.20 Å². The molecule has 12 heteroatoms. The molecule has 0 bridgehead atoms. The van der Waals surface area contributed by atoms with Crippen LogP contribution in [0.1, 0.15) is 46.9 Å². The number of sulfone groups is 1. The van der Waals surface area contributed by atoms with Crippen LogP contribution in [-0.2, 0) is 14.6 Å². The number of hydrogen-bond acceptors (Lipinski definition) is 10. The Balaban J connectivity index is 1.53. The Kier molecular flexibility index (Phi) is 7.05. The summed E-state index contributed by atoms with van der Waals surface area (Å²) in [7, 11) is -3.38. The molecule has 37 heavy (non-hydrogen) atoms. The van der Waals surface area contributed by atoms with Crippen LogP contribution in [0.2, 0.25) is 0 Å². The Morgan fingerprint density at radius 3 is 2.41 bits per heavy atom. The van der Waals surface area contributed by atoms with Crippen LogP contribution in [0.4, 0.5) is 10.6 Å². The zero-order valence-corrected chi connectivity index (χ0v) is 22.2. The summed E-state index contributed by atoms with van der Waals surface area (Å²) in [5.41, 5.74) is 7.65. The standard InChI is InChI=1S/C25H30N6O5S/c1-15(2)37(33,34)18-8-6-16(7-9-18)19-14-27-21(26)20(28-19)23-30-29-22(35-23)17-10-12-31(13-11-17)24(32)36-25(3,4)5/h6-10,14-15H,11-13H2,1-5H3,(H2,26,27). The summed E-state index contributed by atoms with van der Waals surface area (Å²) in [5.74, 6) is 0.539. The molecular formula is C25H30N6O5S. The summed E-state index contributed by atoms with van der Waals surface area (Å²) in [6, 6.07) is 6.43. The number of amides is 1. The number of benzene rings is 1. The molecule has 4 rings (SSSR count). The van der Waals surface area contributed by atoms with Gasteiger partial charge in [0.2, 0.25) is 5.89 Å². The Morgan fingerprint density at radius 1 is 1.14 bits per heavy atom. The molecule has 0 aliphatic carbocycles. The minimum absolute atomic E-state index is 0.108. The van der Waals surface area contributed by atoms with Crippen molar-refractivity contribution in [2.45, 2.75) is 56.8 Å². The number of anilines is 1. The van der Waals surface area contributed by atoms with Crippen molar-refractivity contribution in [3.05, 3.63) is 42.4 Å². The lowest BCUT2D eigenvalue weighted by Gasteiger charge is -2.28. The number of hydrogen-bond donors (Lipinski definition) is 1. The van der Waals surface area contributed by atoms with E-state index >= 15 is 0 Å². The number of carbonyl (C=O) groups is 1. The molecule has 1 aliphatic rings. The number of nitrogens with two attached hydrogens (primary N) is 1. The van der Waals surface area contributed by atoms with Crippen LogP contribution >= 0.6 is 0 Å². The molecule has 3 heterocycles. The topological polar surface area (TPSA) is 154 Å². The molecule has 0 atom stereocenters. The van der Waals surface area contributed by atoms with Crippen LogP contribution < -0.4 is 5.73 Å². The van der Waals surface area contributed by atoms with E-state index in [0.717, 1.165) is 5.57 Å². The average molecular weight is 527 g/mol. The van der Waals surface area contributed by atoms with E-state index in [1.807, 2.05) is 26.8 Å². The van der Waals surface area contributed by atoms with Crippen LogP contribution in [0.3, 0.4) is 0 Å². The number of nitrogens with zero attached hydrogens (tertiary/aromatic N) is 5. The number of aromatic nitrogens is 4. The highest BCUT2D eigenvalue weighted by atomic mass is 32.2. The molecule has 0 radical (unpaired) electrons. The van der Waals surface area contributed by atoms with E-state index < -0.39 is 20.7 Å². The largest absolute Gasteiger partial charge is 0.444 e. The number of ether oxygens (including phenoxy) is 1. The van der Waals surface area contributed by atoms with E-state index in [2.05, 4.69) is 20.2 Å². The molecule has 2 N–H and O–H groups in total. The third-order valence-electron chi connectivity index (χ3n) is 5.66. The van der Waals surface area contributed by atoms with Crippen molar-refractivity contribution < 1.29 is 22.4 Å².